The lowest BCUT2D eigenvalue weighted by atomic mass is 9.63. The van der Waals surface area contributed by atoms with Gasteiger partial charge in [-0.25, -0.2) is 0 Å². The molecule has 8 heteroatoms. The summed E-state index contributed by atoms with van der Waals surface area (Å²) in [5, 5.41) is 11.7. The minimum absolute atomic E-state index is 0.179. The Kier molecular flexibility index (Phi) is 3.16. The molecule has 4 aliphatic carbocycles. The van der Waals surface area contributed by atoms with Gasteiger partial charge >= 0.3 is 0 Å². The molecule has 1 aromatic rings. The van der Waals surface area contributed by atoms with Crippen LogP contribution in [0.25, 0.3) is 0 Å². The molecule has 6 atom stereocenters. The molecule has 6 rings (SSSR count). The highest BCUT2D eigenvalue weighted by Crippen LogP contribution is 2.65. The van der Waals surface area contributed by atoms with Gasteiger partial charge < -0.3 is 0 Å². The SMILES string of the molecule is CCc1nnc(NC(=O)CN2C(=O)[C@@H]3[C@H]4C=C[C@@H]([C@@H]5C[C@@H]45)[C@@H]3C2=O)s1. The van der Waals surface area contributed by atoms with Gasteiger partial charge in [-0.2, -0.15) is 0 Å². The summed E-state index contributed by atoms with van der Waals surface area (Å²) in [6, 6.07) is 0. The van der Waals surface area contributed by atoms with Gasteiger partial charge in [-0.05, 0) is 36.5 Å². The van der Waals surface area contributed by atoms with E-state index in [1.54, 1.807) is 0 Å². The molecule has 3 fully saturated rings. The van der Waals surface area contributed by atoms with Crippen LogP contribution in [-0.2, 0) is 20.8 Å². The summed E-state index contributed by atoms with van der Waals surface area (Å²) in [6.07, 6.45) is 6.13. The first-order chi connectivity index (χ1) is 12.1. The first-order valence-electron chi connectivity index (χ1n) is 8.74. The van der Waals surface area contributed by atoms with Gasteiger partial charge in [-0.15, -0.1) is 10.2 Å². The van der Waals surface area contributed by atoms with E-state index in [-0.39, 0.29) is 42.0 Å². The first kappa shape index (κ1) is 15.2. The van der Waals surface area contributed by atoms with Crippen LogP contribution < -0.4 is 5.32 Å². The maximum absolute atomic E-state index is 12.8. The molecule has 2 heterocycles. The number of hydrogen-bond donors (Lipinski definition) is 1. The van der Waals surface area contributed by atoms with E-state index in [9.17, 15) is 14.4 Å². The predicted octanol–water partition coefficient (Wildman–Crippen LogP) is 1.09. The van der Waals surface area contributed by atoms with E-state index in [1.807, 2.05) is 6.92 Å². The van der Waals surface area contributed by atoms with Crippen molar-refractivity contribution in [3.05, 3.63) is 17.2 Å². The summed E-state index contributed by atoms with van der Waals surface area (Å²) in [5.74, 6) is 0.220. The number of carbonyl (C=O) groups excluding carboxylic acids is 3. The smallest absolute Gasteiger partial charge is 0.246 e. The molecule has 2 saturated carbocycles. The second kappa shape index (κ2) is 5.20. The number of nitrogens with one attached hydrogen (secondary N) is 1. The number of likely N-dealkylation sites (tertiary alicyclic amines) is 1. The monoisotopic (exact) mass is 358 g/mol. The number of allylic oxidation sites excluding steroid dienone is 2. The van der Waals surface area contributed by atoms with Gasteiger partial charge in [0.1, 0.15) is 11.6 Å². The van der Waals surface area contributed by atoms with Crippen molar-refractivity contribution in [1.29, 1.82) is 0 Å². The fourth-order valence-corrected chi connectivity index (χ4v) is 5.62. The number of rotatable bonds is 4. The minimum Gasteiger partial charge on any atom is -0.299 e. The number of nitrogens with zero attached hydrogens (tertiary/aromatic N) is 3. The predicted molar refractivity (Wildman–Crippen MR) is 89.3 cm³/mol. The number of imide groups is 1. The van der Waals surface area contributed by atoms with Crippen LogP contribution in [0.15, 0.2) is 12.2 Å². The fourth-order valence-electron chi connectivity index (χ4n) is 4.92. The van der Waals surface area contributed by atoms with Crippen LogP contribution in [-0.4, -0.2) is 39.4 Å². The number of hydrogen-bond acceptors (Lipinski definition) is 6. The summed E-state index contributed by atoms with van der Waals surface area (Å²) in [7, 11) is 0. The van der Waals surface area contributed by atoms with Crippen molar-refractivity contribution in [2.24, 2.45) is 35.5 Å². The first-order valence-corrected chi connectivity index (χ1v) is 9.56. The van der Waals surface area contributed by atoms with E-state index in [1.165, 1.54) is 11.3 Å². The molecule has 3 amide bonds. The number of anilines is 1. The lowest BCUT2D eigenvalue weighted by Gasteiger charge is -2.37. The van der Waals surface area contributed by atoms with Crippen LogP contribution in [0.4, 0.5) is 5.13 Å². The second-order valence-corrected chi connectivity index (χ2v) is 8.38. The zero-order valence-corrected chi connectivity index (χ0v) is 14.5. The van der Waals surface area contributed by atoms with Crippen LogP contribution in [0.1, 0.15) is 18.4 Å². The van der Waals surface area contributed by atoms with E-state index in [2.05, 4.69) is 27.7 Å². The van der Waals surface area contributed by atoms with Gasteiger partial charge in [-0.3, -0.25) is 24.6 Å². The van der Waals surface area contributed by atoms with Crippen LogP contribution in [0.3, 0.4) is 0 Å². The zero-order valence-electron chi connectivity index (χ0n) is 13.7. The molecule has 7 nitrogen and oxygen atoms in total. The third-order valence-electron chi connectivity index (χ3n) is 6.07. The third kappa shape index (κ3) is 2.13. The van der Waals surface area contributed by atoms with Crippen molar-refractivity contribution in [1.82, 2.24) is 15.1 Å². The number of aryl methyl sites for hydroxylation is 1. The Balaban J connectivity index is 1.31. The van der Waals surface area contributed by atoms with E-state index >= 15 is 0 Å². The van der Waals surface area contributed by atoms with Crippen molar-refractivity contribution in [2.75, 3.05) is 11.9 Å². The molecule has 25 heavy (non-hydrogen) atoms. The van der Waals surface area contributed by atoms with E-state index in [0.717, 1.165) is 22.7 Å². The van der Waals surface area contributed by atoms with Crippen molar-refractivity contribution in [3.8, 4) is 0 Å². The molecule has 2 bridgehead atoms. The highest BCUT2D eigenvalue weighted by molar-refractivity contribution is 7.15. The molecular formula is C17H18N4O3S. The summed E-state index contributed by atoms with van der Waals surface area (Å²) >= 11 is 1.31. The molecule has 0 spiro atoms. The molecule has 1 aromatic heterocycles. The van der Waals surface area contributed by atoms with Crippen LogP contribution in [0, 0.1) is 35.5 Å². The van der Waals surface area contributed by atoms with Crippen molar-refractivity contribution < 1.29 is 14.4 Å². The molecule has 130 valence electrons. The second-order valence-electron chi connectivity index (χ2n) is 7.32. The topological polar surface area (TPSA) is 92.3 Å². The molecule has 5 aliphatic rings. The number of amides is 3. The highest BCUT2D eigenvalue weighted by Gasteiger charge is 2.67. The van der Waals surface area contributed by atoms with Crippen molar-refractivity contribution >= 4 is 34.2 Å². The van der Waals surface area contributed by atoms with Gasteiger partial charge in [-0.1, -0.05) is 30.4 Å². The van der Waals surface area contributed by atoms with Crippen LogP contribution >= 0.6 is 11.3 Å². The average Bonchev–Trinajstić information content (AvgIpc) is 3.27. The van der Waals surface area contributed by atoms with Crippen molar-refractivity contribution in [2.45, 2.75) is 19.8 Å². The standard InChI is InChI=1S/C17H18N4O3S/c1-2-12-19-20-17(25-12)18-11(22)6-21-15(23)13-7-3-4-8(10-5-9(7)10)14(13)16(21)24/h3-4,7-10,13-14H,2,5-6H2,1H3,(H,18,20,22)/t7-,8-,9-,10-,13-,14+/m0/s1. The molecule has 0 radical (unpaired) electrons. The van der Waals surface area contributed by atoms with E-state index in [0.29, 0.717) is 17.0 Å². The Bertz CT molecular complexity index is 783. The number of aromatic nitrogens is 2. The molecule has 1 aliphatic heterocycles. The molecule has 1 N–H and O–H groups in total. The molecule has 0 unspecified atom stereocenters. The molecular weight excluding hydrogens is 340 g/mol. The van der Waals surface area contributed by atoms with Crippen LogP contribution in [0.5, 0.6) is 0 Å². The summed E-state index contributed by atoms with van der Waals surface area (Å²) < 4.78 is 0. The maximum atomic E-state index is 12.8. The Morgan fingerprint density at radius 2 is 1.84 bits per heavy atom. The highest BCUT2D eigenvalue weighted by atomic mass is 32.1. The quantitative estimate of drug-likeness (QED) is 0.643. The van der Waals surface area contributed by atoms with Gasteiger partial charge in [0.2, 0.25) is 22.9 Å². The largest absolute Gasteiger partial charge is 0.299 e. The van der Waals surface area contributed by atoms with E-state index < -0.39 is 5.91 Å². The van der Waals surface area contributed by atoms with Gasteiger partial charge in [0.15, 0.2) is 0 Å². The third-order valence-corrected chi connectivity index (χ3v) is 7.05. The Morgan fingerprint density at radius 3 is 2.40 bits per heavy atom. The summed E-state index contributed by atoms with van der Waals surface area (Å²) in [4.78, 5) is 39.1. The normalized spacial score (nSPS) is 37.2. The summed E-state index contributed by atoms with van der Waals surface area (Å²) in [5.41, 5.74) is 0. The maximum Gasteiger partial charge on any atom is 0.246 e. The lowest BCUT2D eigenvalue weighted by Crippen LogP contribution is -2.40. The molecule has 1 saturated heterocycles. The Hall–Kier alpha value is -2.09. The minimum atomic E-state index is -0.399. The van der Waals surface area contributed by atoms with Crippen molar-refractivity contribution in [3.63, 3.8) is 0 Å². The van der Waals surface area contributed by atoms with Gasteiger partial charge in [0.25, 0.3) is 0 Å². The van der Waals surface area contributed by atoms with Gasteiger partial charge in [0, 0.05) is 0 Å². The van der Waals surface area contributed by atoms with Gasteiger partial charge in [0.05, 0.1) is 11.8 Å². The zero-order chi connectivity index (χ0) is 17.3. The average molecular weight is 358 g/mol. The number of carbonyl (C=O) groups is 3. The fraction of sp³-hybridized carbons (Fsp3) is 0.588. The summed E-state index contributed by atoms with van der Waals surface area (Å²) in [6.45, 7) is 1.72. The van der Waals surface area contributed by atoms with E-state index in [4.69, 9.17) is 0 Å². The Morgan fingerprint density at radius 1 is 1.20 bits per heavy atom. The lowest BCUT2D eigenvalue weighted by molar-refractivity contribution is -0.142. The Labute approximate surface area is 148 Å². The van der Waals surface area contributed by atoms with Crippen LogP contribution in [0.2, 0.25) is 0 Å². The molecule has 0 aromatic carbocycles.